The van der Waals surface area contributed by atoms with Gasteiger partial charge in [0.1, 0.15) is 17.8 Å². The van der Waals surface area contributed by atoms with Crippen LogP contribution in [0.3, 0.4) is 0 Å². The molecule has 0 aliphatic rings. The summed E-state index contributed by atoms with van der Waals surface area (Å²) in [6, 6.07) is 13.2. The second kappa shape index (κ2) is 6.96. The Morgan fingerprint density at radius 2 is 1.68 bits per heavy atom. The van der Waals surface area contributed by atoms with Crippen LogP contribution in [0.25, 0.3) is 10.9 Å². The van der Waals surface area contributed by atoms with Crippen molar-refractivity contribution in [2.45, 2.75) is 13.0 Å². The lowest BCUT2D eigenvalue weighted by Gasteiger charge is -2.11. The van der Waals surface area contributed by atoms with Gasteiger partial charge < -0.3 is 14.6 Å². The molecule has 1 aromatic heterocycles. The van der Waals surface area contributed by atoms with Crippen LogP contribution in [-0.2, 0) is 4.79 Å². The highest BCUT2D eigenvalue weighted by Gasteiger charge is 2.15. The van der Waals surface area contributed by atoms with Crippen molar-refractivity contribution in [2.24, 2.45) is 0 Å². The number of carboxylic acids is 1. The van der Waals surface area contributed by atoms with Gasteiger partial charge in [-0.1, -0.05) is 18.2 Å². The Bertz CT molecular complexity index is 919. The molecule has 0 unspecified atom stereocenters. The van der Waals surface area contributed by atoms with Crippen molar-refractivity contribution in [2.75, 3.05) is 0 Å². The van der Waals surface area contributed by atoms with Crippen LogP contribution in [0, 0.1) is 0 Å². The van der Waals surface area contributed by atoms with Crippen molar-refractivity contribution in [3.05, 3.63) is 60.6 Å². The fourth-order valence-corrected chi connectivity index (χ4v) is 2.16. The first-order chi connectivity index (χ1) is 12.0. The maximum atomic E-state index is 12.4. The monoisotopic (exact) mass is 338 g/mol. The molecule has 0 spiro atoms. The number of nitrogens with zero attached hydrogens (tertiary/aromatic N) is 2. The molecule has 7 heteroatoms. The molecule has 3 aromatic rings. The Labute approximate surface area is 142 Å². The summed E-state index contributed by atoms with van der Waals surface area (Å²) in [5, 5.41) is 9.43. The zero-order chi connectivity index (χ0) is 17.8. The van der Waals surface area contributed by atoms with Gasteiger partial charge in [0.15, 0.2) is 11.8 Å². The number of aliphatic carboxylic acids is 1. The number of fused-ring (bicyclic) bond motifs is 1. The molecule has 0 aliphatic carbocycles. The average Bonchev–Trinajstić information content (AvgIpc) is 2.62. The Morgan fingerprint density at radius 1 is 1.00 bits per heavy atom. The molecule has 0 saturated heterocycles. The minimum Gasteiger partial charge on any atom is -0.479 e. The fourth-order valence-electron chi connectivity index (χ4n) is 2.16. The molecule has 25 heavy (non-hydrogen) atoms. The molecule has 3 rings (SSSR count). The topological polar surface area (TPSA) is 98.6 Å². The number of para-hydroxylation sites is 1. The SMILES string of the molecule is C[C@@H](Oc1ccc(OC(=O)c2ncnc3ccccc23)cc1)C(=O)O. The van der Waals surface area contributed by atoms with E-state index in [1.807, 2.05) is 6.07 Å². The molecule has 0 saturated carbocycles. The quantitative estimate of drug-likeness (QED) is 0.564. The van der Waals surface area contributed by atoms with E-state index < -0.39 is 18.0 Å². The third-order valence-corrected chi connectivity index (χ3v) is 3.43. The highest BCUT2D eigenvalue weighted by Crippen LogP contribution is 2.21. The molecular weight excluding hydrogens is 324 g/mol. The number of esters is 1. The van der Waals surface area contributed by atoms with Crippen LogP contribution in [0.2, 0.25) is 0 Å². The Balaban J connectivity index is 1.75. The summed E-state index contributed by atoms with van der Waals surface area (Å²) >= 11 is 0. The van der Waals surface area contributed by atoms with E-state index in [-0.39, 0.29) is 5.69 Å². The lowest BCUT2D eigenvalue weighted by atomic mass is 10.2. The smallest absolute Gasteiger partial charge is 0.363 e. The third kappa shape index (κ3) is 3.72. The lowest BCUT2D eigenvalue weighted by molar-refractivity contribution is -0.144. The number of hydrogen-bond acceptors (Lipinski definition) is 6. The molecule has 126 valence electrons. The van der Waals surface area contributed by atoms with Crippen LogP contribution in [0.4, 0.5) is 0 Å². The summed E-state index contributed by atoms with van der Waals surface area (Å²) in [6.45, 7) is 1.43. The van der Waals surface area contributed by atoms with E-state index in [0.717, 1.165) is 0 Å². The van der Waals surface area contributed by atoms with E-state index in [9.17, 15) is 9.59 Å². The van der Waals surface area contributed by atoms with Crippen molar-refractivity contribution < 1.29 is 24.2 Å². The standard InChI is InChI=1S/C18H14N2O5/c1-11(17(21)22)24-12-6-8-13(9-7-12)25-18(23)16-14-4-2-3-5-15(14)19-10-20-16/h2-11H,1H3,(H,21,22)/t11-/m1/s1. The lowest BCUT2D eigenvalue weighted by Crippen LogP contribution is -2.22. The number of carbonyl (C=O) groups excluding carboxylic acids is 1. The molecule has 2 aromatic carbocycles. The van der Waals surface area contributed by atoms with Gasteiger partial charge in [-0.15, -0.1) is 0 Å². The van der Waals surface area contributed by atoms with Gasteiger partial charge in [-0.25, -0.2) is 19.6 Å². The van der Waals surface area contributed by atoms with Gasteiger partial charge in [0.05, 0.1) is 5.52 Å². The summed E-state index contributed by atoms with van der Waals surface area (Å²) in [5.41, 5.74) is 0.821. The molecule has 1 N–H and O–H groups in total. The van der Waals surface area contributed by atoms with Crippen LogP contribution >= 0.6 is 0 Å². The van der Waals surface area contributed by atoms with Crippen molar-refractivity contribution in [1.29, 1.82) is 0 Å². The molecule has 0 radical (unpaired) electrons. The Morgan fingerprint density at radius 3 is 2.40 bits per heavy atom. The molecule has 0 bridgehead atoms. The van der Waals surface area contributed by atoms with E-state index in [2.05, 4.69) is 9.97 Å². The van der Waals surface area contributed by atoms with Crippen molar-refractivity contribution >= 4 is 22.8 Å². The summed E-state index contributed by atoms with van der Waals surface area (Å²) in [5.74, 6) is -1.01. The molecule has 7 nitrogen and oxygen atoms in total. The first-order valence-corrected chi connectivity index (χ1v) is 7.46. The van der Waals surface area contributed by atoms with Crippen LogP contribution in [0.1, 0.15) is 17.4 Å². The van der Waals surface area contributed by atoms with Crippen molar-refractivity contribution in [1.82, 2.24) is 9.97 Å². The summed E-state index contributed by atoms with van der Waals surface area (Å²) in [7, 11) is 0. The second-order valence-corrected chi connectivity index (χ2v) is 5.20. The summed E-state index contributed by atoms with van der Waals surface area (Å²) in [6.07, 6.45) is 0.337. The number of carboxylic acid groups (broad SMARTS) is 1. The Kier molecular flexibility index (Phi) is 4.56. The minimum atomic E-state index is -1.06. The molecule has 0 fully saturated rings. The maximum Gasteiger partial charge on any atom is 0.363 e. The zero-order valence-corrected chi connectivity index (χ0v) is 13.2. The van der Waals surface area contributed by atoms with E-state index in [4.69, 9.17) is 14.6 Å². The van der Waals surface area contributed by atoms with Crippen molar-refractivity contribution in [3.63, 3.8) is 0 Å². The van der Waals surface area contributed by atoms with Crippen molar-refractivity contribution in [3.8, 4) is 11.5 Å². The number of carbonyl (C=O) groups is 2. The van der Waals surface area contributed by atoms with Crippen LogP contribution in [0.15, 0.2) is 54.9 Å². The number of benzene rings is 2. The first-order valence-electron chi connectivity index (χ1n) is 7.46. The Hall–Kier alpha value is -3.48. The minimum absolute atomic E-state index is 0.172. The largest absolute Gasteiger partial charge is 0.479 e. The highest BCUT2D eigenvalue weighted by molar-refractivity contribution is 6.02. The number of rotatable bonds is 5. The average molecular weight is 338 g/mol. The van der Waals surface area contributed by atoms with Gasteiger partial charge in [0.25, 0.3) is 0 Å². The van der Waals surface area contributed by atoms with Crippen LogP contribution < -0.4 is 9.47 Å². The summed E-state index contributed by atoms with van der Waals surface area (Å²) < 4.78 is 10.5. The molecule has 0 amide bonds. The maximum absolute atomic E-state index is 12.4. The normalized spacial score (nSPS) is 11.7. The first kappa shape index (κ1) is 16.4. The zero-order valence-electron chi connectivity index (χ0n) is 13.2. The molecule has 1 atom stereocenters. The highest BCUT2D eigenvalue weighted by atomic mass is 16.5. The van der Waals surface area contributed by atoms with Gasteiger partial charge in [0, 0.05) is 5.39 Å². The molecule has 0 aliphatic heterocycles. The number of ether oxygens (including phenoxy) is 2. The predicted molar refractivity (Wildman–Crippen MR) is 88.7 cm³/mol. The van der Waals surface area contributed by atoms with Gasteiger partial charge in [-0.3, -0.25) is 0 Å². The molecule has 1 heterocycles. The van der Waals surface area contributed by atoms with Crippen LogP contribution in [-0.4, -0.2) is 33.1 Å². The van der Waals surface area contributed by atoms with Gasteiger partial charge in [0.2, 0.25) is 0 Å². The van der Waals surface area contributed by atoms with E-state index in [1.165, 1.54) is 37.5 Å². The van der Waals surface area contributed by atoms with Gasteiger partial charge in [-0.2, -0.15) is 0 Å². The summed E-state index contributed by atoms with van der Waals surface area (Å²) in [4.78, 5) is 31.2. The van der Waals surface area contributed by atoms with Gasteiger partial charge in [-0.05, 0) is 37.3 Å². The number of aromatic nitrogens is 2. The predicted octanol–water partition coefficient (Wildman–Crippen LogP) is 2.70. The third-order valence-electron chi connectivity index (χ3n) is 3.43. The van der Waals surface area contributed by atoms with Gasteiger partial charge >= 0.3 is 11.9 Å². The number of hydrogen-bond donors (Lipinski definition) is 1. The van der Waals surface area contributed by atoms with E-state index in [1.54, 1.807) is 18.2 Å². The fraction of sp³-hybridized carbons (Fsp3) is 0.111. The van der Waals surface area contributed by atoms with Crippen LogP contribution in [0.5, 0.6) is 11.5 Å². The van der Waals surface area contributed by atoms with E-state index >= 15 is 0 Å². The molecular formula is C18H14N2O5. The second-order valence-electron chi connectivity index (χ2n) is 5.20. The van der Waals surface area contributed by atoms with E-state index in [0.29, 0.717) is 22.4 Å².